The molecule has 0 fully saturated rings. The summed E-state index contributed by atoms with van der Waals surface area (Å²) in [6, 6.07) is 11.3. The lowest BCUT2D eigenvalue weighted by Crippen LogP contribution is -2.31. The Morgan fingerprint density at radius 3 is 2.73 bits per heavy atom. The number of aryl methyl sites for hydroxylation is 2. The topological polar surface area (TPSA) is 238 Å². The quantitative estimate of drug-likeness (QED) is 0.192. The van der Waals surface area contributed by atoms with Crippen molar-refractivity contribution in [3.05, 3.63) is 97.3 Å². The molecule has 45 heavy (non-hydrogen) atoms. The van der Waals surface area contributed by atoms with Gasteiger partial charge in [0.15, 0.2) is 22.7 Å². The molecule has 7 rings (SSSR count). The van der Waals surface area contributed by atoms with Crippen molar-refractivity contribution >= 4 is 34.5 Å². The van der Waals surface area contributed by atoms with Gasteiger partial charge in [0.2, 0.25) is 0 Å². The summed E-state index contributed by atoms with van der Waals surface area (Å²) >= 11 is 0. The second-order valence-electron chi connectivity index (χ2n) is 10.4. The summed E-state index contributed by atoms with van der Waals surface area (Å²) in [6.07, 6.45) is 1.22. The molecule has 2 aromatic carbocycles. The number of carbonyl (C=O) groups is 3. The molecule has 17 heteroatoms. The van der Waals surface area contributed by atoms with Gasteiger partial charge in [-0.15, -0.1) is 5.10 Å². The number of H-pyrrole nitrogens is 1. The van der Waals surface area contributed by atoms with Crippen LogP contribution >= 0.6 is 0 Å². The van der Waals surface area contributed by atoms with Crippen LogP contribution in [-0.4, -0.2) is 52.2 Å². The van der Waals surface area contributed by atoms with Gasteiger partial charge in [-0.1, -0.05) is 28.6 Å². The van der Waals surface area contributed by atoms with E-state index in [-0.39, 0.29) is 35.3 Å². The lowest BCUT2D eigenvalue weighted by Gasteiger charge is -2.15. The van der Waals surface area contributed by atoms with Crippen molar-refractivity contribution in [1.29, 1.82) is 0 Å². The van der Waals surface area contributed by atoms with Crippen LogP contribution in [0.5, 0.6) is 0 Å². The molecule has 4 aromatic heterocycles. The monoisotopic (exact) mass is 610 g/mol. The highest BCUT2D eigenvalue weighted by Crippen LogP contribution is 2.33. The molecule has 5 N–H and O–H groups in total. The van der Waals surface area contributed by atoms with Gasteiger partial charge in [0.1, 0.15) is 11.4 Å². The second-order valence-corrected chi connectivity index (χ2v) is 10.4. The lowest BCUT2D eigenvalue weighted by molar-refractivity contribution is 0.0927. The van der Waals surface area contributed by atoms with Gasteiger partial charge in [0.25, 0.3) is 17.7 Å². The zero-order valence-electron chi connectivity index (χ0n) is 23.4. The molecule has 17 nitrogen and oxygen atoms in total. The van der Waals surface area contributed by atoms with E-state index in [1.807, 2.05) is 12.1 Å². The van der Waals surface area contributed by atoms with Crippen molar-refractivity contribution in [2.45, 2.75) is 25.4 Å². The van der Waals surface area contributed by atoms with Crippen LogP contribution in [-0.2, 0) is 20.0 Å². The number of hydrogen-bond acceptors (Lipinski definition) is 11. The first-order chi connectivity index (χ1) is 21.7. The molecule has 3 amide bonds. The molecule has 0 radical (unpaired) electrons. The molecule has 0 bridgehead atoms. The fraction of sp³-hybridized carbons (Fsp3) is 0.179. The smallest absolute Gasteiger partial charge is 0.408 e. The van der Waals surface area contributed by atoms with Crippen LogP contribution in [0.15, 0.2) is 61.0 Å². The Hall–Kier alpha value is -6.39. The number of nitrogens with zero attached hydrogens (tertiary/aromatic N) is 6. The zero-order chi connectivity index (χ0) is 31.4. The molecule has 4 heterocycles. The number of carbonyl (C=O) groups excluding carboxylic acids is 3. The maximum atomic E-state index is 13.6. The summed E-state index contributed by atoms with van der Waals surface area (Å²) in [5, 5.41) is 17.1. The van der Waals surface area contributed by atoms with Gasteiger partial charge in [-0.3, -0.25) is 28.5 Å². The average Bonchev–Trinajstić information content (AvgIpc) is 3.81. The van der Waals surface area contributed by atoms with Crippen LogP contribution in [0.2, 0.25) is 0 Å². The predicted molar refractivity (Wildman–Crippen MR) is 153 cm³/mol. The third-order valence-corrected chi connectivity index (χ3v) is 7.62. The zero-order valence-corrected chi connectivity index (χ0v) is 23.4. The van der Waals surface area contributed by atoms with Crippen LogP contribution in [0.25, 0.3) is 28.1 Å². The van der Waals surface area contributed by atoms with Crippen molar-refractivity contribution in [3.8, 4) is 11.4 Å². The van der Waals surface area contributed by atoms with E-state index in [0.29, 0.717) is 40.9 Å². The Kier molecular flexibility index (Phi) is 6.34. The molecule has 226 valence electrons. The molecular formula is C28H22N10O7. The number of amides is 3. The van der Waals surface area contributed by atoms with Gasteiger partial charge < -0.3 is 20.8 Å². The van der Waals surface area contributed by atoms with Crippen molar-refractivity contribution < 1.29 is 23.3 Å². The Morgan fingerprint density at radius 2 is 1.96 bits per heavy atom. The van der Waals surface area contributed by atoms with Crippen molar-refractivity contribution in [3.63, 3.8) is 0 Å². The molecule has 0 saturated heterocycles. The third kappa shape index (κ3) is 4.81. The van der Waals surface area contributed by atoms with E-state index in [2.05, 4.69) is 40.6 Å². The maximum Gasteiger partial charge on any atom is 0.439 e. The molecule has 0 spiro atoms. The minimum atomic E-state index is -0.936. The fourth-order valence-electron chi connectivity index (χ4n) is 5.37. The SMILES string of the molecule is Cn1c(=O)oc2ccc(CNC(=O)c3cc(C(=O)N[C@H]4CCc5cc(-c6noc(=O)[nH]6)ccc54)n4nnc(C(N)=O)c4n3)cc21. The van der Waals surface area contributed by atoms with Gasteiger partial charge in [-0.05, 0) is 47.7 Å². The number of benzene rings is 2. The van der Waals surface area contributed by atoms with Crippen molar-refractivity contribution in [2.75, 3.05) is 0 Å². The molecule has 6 aromatic rings. The number of primary amides is 1. The number of nitrogens with two attached hydrogens (primary N) is 1. The third-order valence-electron chi connectivity index (χ3n) is 7.62. The molecule has 0 saturated carbocycles. The van der Waals surface area contributed by atoms with Gasteiger partial charge in [-0.2, -0.15) is 4.52 Å². The van der Waals surface area contributed by atoms with Gasteiger partial charge in [0, 0.05) is 25.2 Å². The van der Waals surface area contributed by atoms with Crippen LogP contribution in [0.1, 0.15) is 60.6 Å². The van der Waals surface area contributed by atoms with Crippen LogP contribution in [0, 0.1) is 0 Å². The average molecular weight is 611 g/mol. The number of hydrogen-bond donors (Lipinski definition) is 4. The number of oxazole rings is 1. The van der Waals surface area contributed by atoms with E-state index in [4.69, 9.17) is 10.2 Å². The molecule has 0 aliphatic heterocycles. The van der Waals surface area contributed by atoms with Crippen LogP contribution in [0.4, 0.5) is 0 Å². The van der Waals surface area contributed by atoms with Crippen molar-refractivity contribution in [2.24, 2.45) is 12.8 Å². The first-order valence-electron chi connectivity index (χ1n) is 13.6. The van der Waals surface area contributed by atoms with E-state index < -0.39 is 29.2 Å². The van der Waals surface area contributed by atoms with E-state index in [0.717, 1.165) is 15.6 Å². The Labute approximate surface area is 250 Å². The minimum Gasteiger partial charge on any atom is -0.408 e. The van der Waals surface area contributed by atoms with E-state index in [1.54, 1.807) is 31.3 Å². The highest BCUT2D eigenvalue weighted by molar-refractivity contribution is 6.01. The first kappa shape index (κ1) is 27.4. The summed E-state index contributed by atoms with van der Waals surface area (Å²) in [5.74, 6) is -3.05. The highest BCUT2D eigenvalue weighted by Gasteiger charge is 2.28. The molecule has 1 aliphatic carbocycles. The molecular weight excluding hydrogens is 588 g/mol. The fourth-order valence-corrected chi connectivity index (χ4v) is 5.37. The Morgan fingerprint density at radius 1 is 1.11 bits per heavy atom. The standard InChI is InChI=1S/C28H22N10O7/c1-37-18-8-12(2-7-20(18)44-28(37)43)11-30-25(40)17-10-19(38-24(31-17)21(22(29)39)34-36-38)26(41)32-16-6-4-13-9-14(3-5-15(13)16)23-33-27(42)45-35-23/h2-3,5,7-10,16H,4,6,11H2,1H3,(H2,29,39)(H,30,40)(H,32,41)(H,33,35,42)/t16-/m0/s1. The lowest BCUT2D eigenvalue weighted by atomic mass is 10.0. The first-order valence-corrected chi connectivity index (χ1v) is 13.6. The Balaban J connectivity index is 1.16. The summed E-state index contributed by atoms with van der Waals surface area (Å²) in [5.41, 5.74) is 8.83. The van der Waals surface area contributed by atoms with E-state index in [1.165, 1.54) is 10.6 Å². The van der Waals surface area contributed by atoms with Crippen LogP contribution < -0.4 is 27.9 Å². The number of aromatic nitrogens is 7. The minimum absolute atomic E-state index is 0.0613. The molecule has 1 atom stereocenters. The Bertz CT molecular complexity index is 2310. The number of nitrogens with one attached hydrogen (secondary N) is 3. The van der Waals surface area contributed by atoms with Gasteiger partial charge in [0.05, 0.1) is 11.6 Å². The normalized spacial score (nSPS) is 14.1. The summed E-state index contributed by atoms with van der Waals surface area (Å²) in [6.45, 7) is 0.0613. The van der Waals surface area contributed by atoms with Gasteiger partial charge in [-0.25, -0.2) is 14.6 Å². The second kappa shape index (κ2) is 10.4. The number of rotatable bonds is 7. The summed E-state index contributed by atoms with van der Waals surface area (Å²) in [7, 11) is 1.57. The molecule has 1 aliphatic rings. The number of aromatic amines is 1. The van der Waals surface area contributed by atoms with E-state index >= 15 is 0 Å². The summed E-state index contributed by atoms with van der Waals surface area (Å²) in [4.78, 5) is 68.8. The summed E-state index contributed by atoms with van der Waals surface area (Å²) < 4.78 is 12.1. The van der Waals surface area contributed by atoms with Crippen molar-refractivity contribution in [1.82, 2.24) is 45.2 Å². The largest absolute Gasteiger partial charge is 0.439 e. The molecule has 0 unspecified atom stereocenters. The van der Waals surface area contributed by atoms with Gasteiger partial charge >= 0.3 is 11.5 Å². The highest BCUT2D eigenvalue weighted by atomic mass is 16.5. The van der Waals surface area contributed by atoms with E-state index in [9.17, 15) is 24.0 Å². The maximum absolute atomic E-state index is 13.6. The predicted octanol–water partition coefficient (Wildman–Crippen LogP) is 0.359. The van der Waals surface area contributed by atoms with Crippen LogP contribution in [0.3, 0.4) is 0 Å². The number of fused-ring (bicyclic) bond motifs is 3.